The predicted molar refractivity (Wildman–Crippen MR) is 80.0 cm³/mol. The molecule has 0 amide bonds. The molecule has 4 rings (SSSR count). The molecule has 23 heavy (non-hydrogen) atoms. The summed E-state index contributed by atoms with van der Waals surface area (Å²) in [5.74, 6) is -0.653. The van der Waals surface area contributed by atoms with E-state index in [4.69, 9.17) is 9.47 Å². The molecule has 2 saturated heterocycles. The van der Waals surface area contributed by atoms with Crippen LogP contribution < -0.4 is 4.74 Å². The maximum absolute atomic E-state index is 13.8. The molecule has 1 aromatic rings. The standard InChI is InChI=1S/C15H19FN2O4S/c16-11-3-1-7-17-15(11)22-13-9-18(23(19,20)10-5-6-10)12-4-2-8-21-14(12)13/h1,3,7,10,12-14H,2,4-6,8-9H2/t12-,13+,14+/m0/s1. The van der Waals surface area contributed by atoms with E-state index in [-0.39, 0.29) is 29.8 Å². The van der Waals surface area contributed by atoms with Crippen molar-refractivity contribution >= 4 is 10.0 Å². The molecule has 3 atom stereocenters. The highest BCUT2D eigenvalue weighted by Gasteiger charge is 2.53. The monoisotopic (exact) mass is 342 g/mol. The van der Waals surface area contributed by atoms with Gasteiger partial charge in [-0.05, 0) is 37.8 Å². The Bertz CT molecular complexity index is 694. The summed E-state index contributed by atoms with van der Waals surface area (Å²) >= 11 is 0. The number of rotatable bonds is 4. The normalized spacial score (nSPS) is 31.8. The molecule has 1 aromatic heterocycles. The van der Waals surface area contributed by atoms with Crippen LogP contribution in [-0.4, -0.2) is 54.4 Å². The van der Waals surface area contributed by atoms with Crippen molar-refractivity contribution in [1.29, 1.82) is 0 Å². The van der Waals surface area contributed by atoms with Crippen LogP contribution in [0, 0.1) is 5.82 Å². The average Bonchev–Trinajstić information content (AvgIpc) is 3.34. The van der Waals surface area contributed by atoms with Gasteiger partial charge in [-0.3, -0.25) is 0 Å². The zero-order valence-corrected chi connectivity index (χ0v) is 13.4. The maximum atomic E-state index is 13.8. The predicted octanol–water partition coefficient (Wildman–Crippen LogP) is 1.32. The van der Waals surface area contributed by atoms with E-state index in [1.165, 1.54) is 22.6 Å². The molecule has 3 heterocycles. The van der Waals surface area contributed by atoms with Crippen molar-refractivity contribution in [3.05, 3.63) is 24.1 Å². The first-order valence-electron chi connectivity index (χ1n) is 7.97. The van der Waals surface area contributed by atoms with Crippen LogP contribution >= 0.6 is 0 Å². The minimum Gasteiger partial charge on any atom is -0.468 e. The molecule has 1 aliphatic carbocycles. The number of ether oxygens (including phenoxy) is 2. The Morgan fingerprint density at radius 1 is 1.35 bits per heavy atom. The molecule has 0 N–H and O–H groups in total. The summed E-state index contributed by atoms with van der Waals surface area (Å²) < 4.78 is 52.0. The summed E-state index contributed by atoms with van der Waals surface area (Å²) in [5, 5.41) is -0.268. The van der Waals surface area contributed by atoms with Gasteiger partial charge in [0.25, 0.3) is 5.88 Å². The van der Waals surface area contributed by atoms with Crippen LogP contribution in [0.2, 0.25) is 0 Å². The first-order chi connectivity index (χ1) is 11.1. The van der Waals surface area contributed by atoms with Gasteiger partial charge in [-0.15, -0.1) is 0 Å². The Morgan fingerprint density at radius 2 is 2.17 bits per heavy atom. The number of pyridine rings is 1. The van der Waals surface area contributed by atoms with E-state index in [2.05, 4.69) is 4.98 Å². The van der Waals surface area contributed by atoms with Gasteiger partial charge in [0.05, 0.1) is 17.8 Å². The molecular formula is C15H19FN2O4S. The molecule has 3 fully saturated rings. The molecular weight excluding hydrogens is 323 g/mol. The van der Waals surface area contributed by atoms with E-state index in [1.807, 2.05) is 0 Å². The van der Waals surface area contributed by atoms with E-state index < -0.39 is 21.9 Å². The third kappa shape index (κ3) is 2.72. The first-order valence-corrected chi connectivity index (χ1v) is 9.47. The van der Waals surface area contributed by atoms with Crippen LogP contribution in [0.5, 0.6) is 5.88 Å². The fraction of sp³-hybridized carbons (Fsp3) is 0.667. The SMILES string of the molecule is O=S(=O)(C1CC1)N1C[C@@H](Oc2ncccc2F)[C@@H]2OCCC[C@@H]21. The van der Waals surface area contributed by atoms with Crippen molar-refractivity contribution in [2.75, 3.05) is 13.2 Å². The summed E-state index contributed by atoms with van der Waals surface area (Å²) in [4.78, 5) is 3.89. The van der Waals surface area contributed by atoms with Crippen LogP contribution in [0.15, 0.2) is 18.3 Å². The molecule has 8 heteroatoms. The Labute approximate surface area is 134 Å². The maximum Gasteiger partial charge on any atom is 0.250 e. The molecule has 0 radical (unpaired) electrons. The van der Waals surface area contributed by atoms with Gasteiger partial charge in [0, 0.05) is 12.8 Å². The Morgan fingerprint density at radius 3 is 2.91 bits per heavy atom. The third-order valence-electron chi connectivity index (χ3n) is 4.69. The molecule has 2 aliphatic heterocycles. The lowest BCUT2D eigenvalue weighted by Crippen LogP contribution is -2.45. The van der Waals surface area contributed by atoms with Crippen LogP contribution in [-0.2, 0) is 14.8 Å². The number of hydrogen-bond donors (Lipinski definition) is 0. The molecule has 0 bridgehead atoms. The number of aromatic nitrogens is 1. The van der Waals surface area contributed by atoms with Gasteiger partial charge in [0.1, 0.15) is 12.2 Å². The lowest BCUT2D eigenvalue weighted by Gasteiger charge is -2.31. The number of hydrogen-bond acceptors (Lipinski definition) is 5. The second kappa shape index (κ2) is 5.68. The number of halogens is 1. The summed E-state index contributed by atoms with van der Waals surface area (Å²) in [7, 11) is -3.31. The summed E-state index contributed by atoms with van der Waals surface area (Å²) in [6, 6.07) is 2.54. The van der Waals surface area contributed by atoms with Crippen molar-refractivity contribution < 1.29 is 22.3 Å². The average molecular weight is 342 g/mol. The second-order valence-electron chi connectivity index (χ2n) is 6.31. The van der Waals surface area contributed by atoms with E-state index in [9.17, 15) is 12.8 Å². The number of nitrogens with zero attached hydrogens (tertiary/aromatic N) is 2. The topological polar surface area (TPSA) is 68.7 Å². The molecule has 0 spiro atoms. The van der Waals surface area contributed by atoms with Crippen LogP contribution in [0.25, 0.3) is 0 Å². The van der Waals surface area contributed by atoms with Crippen molar-refractivity contribution in [3.8, 4) is 5.88 Å². The van der Waals surface area contributed by atoms with Gasteiger partial charge < -0.3 is 9.47 Å². The van der Waals surface area contributed by atoms with E-state index in [1.54, 1.807) is 0 Å². The fourth-order valence-electron chi connectivity index (χ4n) is 3.42. The van der Waals surface area contributed by atoms with Crippen LogP contribution in [0.4, 0.5) is 4.39 Å². The van der Waals surface area contributed by atoms with E-state index in [0.717, 1.165) is 25.7 Å². The molecule has 3 aliphatic rings. The Hall–Kier alpha value is -1.25. The van der Waals surface area contributed by atoms with E-state index in [0.29, 0.717) is 6.61 Å². The Balaban J connectivity index is 1.59. The fourth-order valence-corrected chi connectivity index (χ4v) is 5.49. The third-order valence-corrected chi connectivity index (χ3v) is 7.08. The largest absolute Gasteiger partial charge is 0.468 e. The quantitative estimate of drug-likeness (QED) is 0.826. The van der Waals surface area contributed by atoms with Gasteiger partial charge in [-0.25, -0.2) is 17.8 Å². The lowest BCUT2D eigenvalue weighted by molar-refractivity contribution is -0.0434. The second-order valence-corrected chi connectivity index (χ2v) is 8.47. The van der Waals surface area contributed by atoms with E-state index >= 15 is 0 Å². The van der Waals surface area contributed by atoms with Crippen molar-refractivity contribution in [1.82, 2.24) is 9.29 Å². The minimum atomic E-state index is -3.31. The van der Waals surface area contributed by atoms with Crippen molar-refractivity contribution in [2.45, 2.75) is 49.2 Å². The highest BCUT2D eigenvalue weighted by atomic mass is 32.2. The summed E-state index contributed by atoms with van der Waals surface area (Å²) in [6.45, 7) is 0.771. The smallest absolute Gasteiger partial charge is 0.250 e. The minimum absolute atomic E-state index is 0.101. The molecule has 0 aromatic carbocycles. The zero-order valence-electron chi connectivity index (χ0n) is 12.6. The molecule has 1 saturated carbocycles. The van der Waals surface area contributed by atoms with Crippen LogP contribution in [0.3, 0.4) is 0 Å². The molecule has 0 unspecified atom stereocenters. The summed E-state index contributed by atoms with van der Waals surface area (Å²) in [6.07, 6.45) is 3.57. The van der Waals surface area contributed by atoms with Crippen molar-refractivity contribution in [2.24, 2.45) is 0 Å². The van der Waals surface area contributed by atoms with Gasteiger partial charge >= 0.3 is 0 Å². The highest BCUT2D eigenvalue weighted by molar-refractivity contribution is 7.90. The number of fused-ring (bicyclic) bond motifs is 1. The van der Waals surface area contributed by atoms with Gasteiger partial charge in [0.2, 0.25) is 10.0 Å². The zero-order chi connectivity index (χ0) is 16.0. The van der Waals surface area contributed by atoms with Gasteiger partial charge in [-0.1, -0.05) is 0 Å². The highest BCUT2D eigenvalue weighted by Crippen LogP contribution is 2.39. The van der Waals surface area contributed by atoms with Crippen molar-refractivity contribution in [3.63, 3.8) is 0 Å². The lowest BCUT2D eigenvalue weighted by atomic mass is 10.0. The Kier molecular flexibility index (Phi) is 3.78. The molecule has 126 valence electrons. The number of sulfonamides is 1. The molecule has 6 nitrogen and oxygen atoms in total. The van der Waals surface area contributed by atoms with Gasteiger partial charge in [-0.2, -0.15) is 4.31 Å². The van der Waals surface area contributed by atoms with Crippen LogP contribution in [0.1, 0.15) is 25.7 Å². The van der Waals surface area contributed by atoms with Gasteiger partial charge in [0.15, 0.2) is 5.82 Å². The summed E-state index contributed by atoms with van der Waals surface area (Å²) in [5.41, 5.74) is 0. The first kappa shape index (κ1) is 15.3.